The van der Waals surface area contributed by atoms with E-state index in [9.17, 15) is 0 Å². The monoisotopic (exact) mass is 313 g/mol. The van der Waals surface area contributed by atoms with E-state index in [-0.39, 0.29) is 12.2 Å². The maximum Gasteiger partial charge on any atom is 0.162 e. The third-order valence-corrected chi connectivity index (χ3v) is 3.83. The van der Waals surface area contributed by atoms with Gasteiger partial charge in [-0.15, -0.1) is 0 Å². The van der Waals surface area contributed by atoms with Crippen LogP contribution in [0, 0.1) is 0 Å². The SMILES string of the molecule is CCOc1ccccc1O[C@H](c1ccccc1)[C@@H]1CNCCO1. The first-order valence-corrected chi connectivity index (χ1v) is 8.14. The van der Waals surface area contributed by atoms with Gasteiger partial charge >= 0.3 is 0 Å². The second-order valence-corrected chi connectivity index (χ2v) is 5.44. The Bertz CT molecular complexity index is 597. The van der Waals surface area contributed by atoms with Crippen molar-refractivity contribution in [3.05, 3.63) is 60.2 Å². The molecule has 1 aliphatic heterocycles. The molecule has 1 N–H and O–H groups in total. The van der Waals surface area contributed by atoms with Gasteiger partial charge in [0.25, 0.3) is 0 Å². The molecule has 0 radical (unpaired) electrons. The normalized spacial score (nSPS) is 19.1. The smallest absolute Gasteiger partial charge is 0.162 e. The lowest BCUT2D eigenvalue weighted by Crippen LogP contribution is -2.43. The van der Waals surface area contributed by atoms with E-state index in [1.807, 2.05) is 49.4 Å². The van der Waals surface area contributed by atoms with Crippen molar-refractivity contribution in [2.45, 2.75) is 19.1 Å². The summed E-state index contributed by atoms with van der Waals surface area (Å²) >= 11 is 0. The van der Waals surface area contributed by atoms with E-state index in [0.29, 0.717) is 13.2 Å². The summed E-state index contributed by atoms with van der Waals surface area (Å²) in [6.07, 6.45) is -0.202. The zero-order valence-electron chi connectivity index (χ0n) is 13.4. The molecule has 2 atom stereocenters. The molecular formula is C19H23NO3. The van der Waals surface area contributed by atoms with Gasteiger partial charge in [0.15, 0.2) is 17.6 Å². The molecule has 3 rings (SSSR count). The Morgan fingerprint density at radius 3 is 2.52 bits per heavy atom. The third kappa shape index (κ3) is 4.03. The number of hydrogen-bond acceptors (Lipinski definition) is 4. The second-order valence-electron chi connectivity index (χ2n) is 5.44. The van der Waals surface area contributed by atoms with Crippen LogP contribution in [0.4, 0.5) is 0 Å². The van der Waals surface area contributed by atoms with Crippen LogP contribution in [0.1, 0.15) is 18.6 Å². The van der Waals surface area contributed by atoms with E-state index < -0.39 is 0 Å². The molecule has 4 nitrogen and oxygen atoms in total. The first-order valence-electron chi connectivity index (χ1n) is 8.14. The molecule has 0 unspecified atom stereocenters. The zero-order valence-corrected chi connectivity index (χ0v) is 13.4. The zero-order chi connectivity index (χ0) is 15.9. The fraction of sp³-hybridized carbons (Fsp3) is 0.368. The second kappa shape index (κ2) is 7.99. The largest absolute Gasteiger partial charge is 0.490 e. The van der Waals surface area contributed by atoms with Crippen LogP contribution in [0.2, 0.25) is 0 Å². The van der Waals surface area contributed by atoms with E-state index in [1.54, 1.807) is 0 Å². The van der Waals surface area contributed by atoms with Gasteiger partial charge in [-0.1, -0.05) is 42.5 Å². The Balaban J connectivity index is 1.86. The molecule has 0 aliphatic carbocycles. The summed E-state index contributed by atoms with van der Waals surface area (Å²) in [5.74, 6) is 1.51. The highest BCUT2D eigenvalue weighted by atomic mass is 16.6. The molecule has 1 aliphatic rings. The Labute approximate surface area is 137 Å². The summed E-state index contributed by atoms with van der Waals surface area (Å²) in [6.45, 7) is 4.94. The minimum atomic E-state index is -0.175. The van der Waals surface area contributed by atoms with Gasteiger partial charge in [0.05, 0.1) is 13.2 Å². The van der Waals surface area contributed by atoms with E-state index in [4.69, 9.17) is 14.2 Å². The molecule has 2 aromatic rings. The fourth-order valence-electron chi connectivity index (χ4n) is 2.74. The summed E-state index contributed by atoms with van der Waals surface area (Å²) < 4.78 is 18.0. The minimum Gasteiger partial charge on any atom is -0.490 e. The molecule has 1 heterocycles. The van der Waals surface area contributed by atoms with Crippen molar-refractivity contribution in [3.8, 4) is 11.5 Å². The summed E-state index contributed by atoms with van der Waals surface area (Å²) in [5.41, 5.74) is 1.10. The Morgan fingerprint density at radius 1 is 1.09 bits per heavy atom. The highest BCUT2D eigenvalue weighted by Crippen LogP contribution is 2.33. The number of para-hydroxylation sites is 2. The lowest BCUT2D eigenvalue weighted by Gasteiger charge is -2.32. The van der Waals surface area contributed by atoms with Crippen molar-refractivity contribution in [1.82, 2.24) is 5.32 Å². The van der Waals surface area contributed by atoms with E-state index >= 15 is 0 Å². The number of benzene rings is 2. The standard InChI is InChI=1S/C19H23NO3/c1-2-21-16-10-6-7-11-17(16)23-19(15-8-4-3-5-9-15)18-14-20-12-13-22-18/h3-11,18-20H,2,12-14H2,1H3/t18-,19+/m0/s1. The van der Waals surface area contributed by atoms with Crippen LogP contribution in [-0.2, 0) is 4.74 Å². The molecule has 0 bridgehead atoms. The highest BCUT2D eigenvalue weighted by Gasteiger charge is 2.28. The molecule has 0 amide bonds. The first-order chi connectivity index (χ1) is 11.4. The maximum absolute atomic E-state index is 6.33. The predicted molar refractivity (Wildman–Crippen MR) is 90.0 cm³/mol. The molecule has 0 spiro atoms. The molecule has 122 valence electrons. The fourth-order valence-corrected chi connectivity index (χ4v) is 2.74. The van der Waals surface area contributed by atoms with Crippen LogP contribution in [0.3, 0.4) is 0 Å². The van der Waals surface area contributed by atoms with Crippen LogP contribution in [-0.4, -0.2) is 32.4 Å². The van der Waals surface area contributed by atoms with Gasteiger partial charge in [-0.3, -0.25) is 0 Å². The minimum absolute atomic E-state index is 0.0270. The molecular weight excluding hydrogens is 290 g/mol. The number of rotatable bonds is 6. The van der Waals surface area contributed by atoms with E-state index in [0.717, 1.165) is 30.2 Å². The predicted octanol–water partition coefficient (Wildman–Crippen LogP) is 3.19. The van der Waals surface area contributed by atoms with Crippen LogP contribution in [0.5, 0.6) is 11.5 Å². The van der Waals surface area contributed by atoms with Gasteiger partial charge in [-0.2, -0.15) is 0 Å². The van der Waals surface area contributed by atoms with Crippen LogP contribution in [0.15, 0.2) is 54.6 Å². The Kier molecular flexibility index (Phi) is 5.51. The average Bonchev–Trinajstić information content (AvgIpc) is 2.63. The molecule has 0 aromatic heterocycles. The molecule has 2 aromatic carbocycles. The average molecular weight is 313 g/mol. The Morgan fingerprint density at radius 2 is 1.83 bits per heavy atom. The number of hydrogen-bond donors (Lipinski definition) is 1. The lowest BCUT2D eigenvalue weighted by molar-refractivity contribution is -0.0439. The molecule has 1 saturated heterocycles. The van der Waals surface area contributed by atoms with Crippen molar-refractivity contribution >= 4 is 0 Å². The number of morpholine rings is 1. The summed E-state index contributed by atoms with van der Waals surface area (Å²) in [5, 5.41) is 3.37. The Hall–Kier alpha value is -2.04. The van der Waals surface area contributed by atoms with Crippen LogP contribution in [0.25, 0.3) is 0 Å². The summed E-state index contributed by atoms with van der Waals surface area (Å²) in [4.78, 5) is 0. The van der Waals surface area contributed by atoms with E-state index in [2.05, 4.69) is 17.4 Å². The van der Waals surface area contributed by atoms with Gasteiger partial charge in [0.2, 0.25) is 0 Å². The molecule has 0 saturated carbocycles. The van der Waals surface area contributed by atoms with Gasteiger partial charge in [0, 0.05) is 13.1 Å². The third-order valence-electron chi connectivity index (χ3n) is 3.83. The number of ether oxygens (including phenoxy) is 3. The highest BCUT2D eigenvalue weighted by molar-refractivity contribution is 5.40. The van der Waals surface area contributed by atoms with Crippen molar-refractivity contribution in [3.63, 3.8) is 0 Å². The topological polar surface area (TPSA) is 39.7 Å². The van der Waals surface area contributed by atoms with Crippen molar-refractivity contribution in [2.75, 3.05) is 26.3 Å². The number of nitrogens with one attached hydrogen (secondary N) is 1. The van der Waals surface area contributed by atoms with Crippen LogP contribution >= 0.6 is 0 Å². The van der Waals surface area contributed by atoms with Gasteiger partial charge in [-0.25, -0.2) is 0 Å². The quantitative estimate of drug-likeness (QED) is 0.889. The van der Waals surface area contributed by atoms with Gasteiger partial charge in [0.1, 0.15) is 6.10 Å². The lowest BCUT2D eigenvalue weighted by atomic mass is 10.0. The summed E-state index contributed by atoms with van der Waals surface area (Å²) in [6, 6.07) is 18.0. The van der Waals surface area contributed by atoms with Crippen molar-refractivity contribution in [2.24, 2.45) is 0 Å². The van der Waals surface area contributed by atoms with Gasteiger partial charge < -0.3 is 19.5 Å². The van der Waals surface area contributed by atoms with E-state index in [1.165, 1.54) is 0 Å². The molecule has 23 heavy (non-hydrogen) atoms. The molecule has 1 fully saturated rings. The van der Waals surface area contributed by atoms with Crippen LogP contribution < -0.4 is 14.8 Å². The van der Waals surface area contributed by atoms with Gasteiger partial charge in [-0.05, 0) is 24.6 Å². The van der Waals surface area contributed by atoms with Crippen molar-refractivity contribution < 1.29 is 14.2 Å². The summed E-state index contributed by atoms with van der Waals surface area (Å²) in [7, 11) is 0. The maximum atomic E-state index is 6.33. The molecule has 4 heteroatoms. The van der Waals surface area contributed by atoms with Crippen molar-refractivity contribution in [1.29, 1.82) is 0 Å². The first kappa shape index (κ1) is 15.8.